The van der Waals surface area contributed by atoms with Crippen LogP contribution in [-0.4, -0.2) is 50.9 Å². The summed E-state index contributed by atoms with van der Waals surface area (Å²) in [5.74, 6) is 0.745. The zero-order valence-corrected chi connectivity index (χ0v) is 17.3. The summed E-state index contributed by atoms with van der Waals surface area (Å²) in [6.07, 6.45) is 3.33. The molecule has 11 nitrogen and oxygen atoms in total. The highest BCUT2D eigenvalue weighted by Gasteiger charge is 2.30. The predicted octanol–water partition coefficient (Wildman–Crippen LogP) is 1.73. The largest absolute Gasteiger partial charge is 0.494 e. The lowest BCUT2D eigenvalue weighted by Crippen LogP contribution is -2.22. The van der Waals surface area contributed by atoms with Crippen molar-refractivity contribution >= 4 is 29.0 Å². The molecule has 3 N–H and O–H groups in total. The lowest BCUT2D eigenvalue weighted by Gasteiger charge is -2.16. The summed E-state index contributed by atoms with van der Waals surface area (Å²) in [7, 11) is 4.82. The van der Waals surface area contributed by atoms with Crippen LogP contribution in [0.25, 0.3) is 11.4 Å². The van der Waals surface area contributed by atoms with Crippen molar-refractivity contribution in [2.75, 3.05) is 24.8 Å². The molecule has 0 atom stereocenters. The van der Waals surface area contributed by atoms with E-state index in [9.17, 15) is 9.59 Å². The molecule has 1 fully saturated rings. The molecule has 1 aliphatic rings. The van der Waals surface area contributed by atoms with Crippen LogP contribution in [0.2, 0.25) is 0 Å². The number of hydrogen-bond acceptors (Lipinski definition) is 8. The minimum absolute atomic E-state index is 0.0134. The molecule has 3 aromatic rings. The van der Waals surface area contributed by atoms with Crippen LogP contribution in [0, 0.1) is 5.92 Å². The Morgan fingerprint density at radius 3 is 2.65 bits per heavy atom. The Labute approximate surface area is 178 Å². The first-order chi connectivity index (χ1) is 15.0. The second-order valence-electron chi connectivity index (χ2n) is 7.09. The topological polar surface area (TPSA) is 136 Å². The molecule has 0 spiro atoms. The minimum atomic E-state index is -0.420. The smallest absolute Gasteiger partial charge is 0.273 e. The van der Waals surface area contributed by atoms with Gasteiger partial charge in [-0.1, -0.05) is 6.07 Å². The van der Waals surface area contributed by atoms with E-state index < -0.39 is 5.91 Å². The Morgan fingerprint density at radius 2 is 2.00 bits per heavy atom. The fourth-order valence-electron chi connectivity index (χ4n) is 3.05. The Kier molecular flexibility index (Phi) is 5.48. The Bertz CT molecular complexity index is 1140. The van der Waals surface area contributed by atoms with Gasteiger partial charge in [-0.3, -0.25) is 14.3 Å². The summed E-state index contributed by atoms with van der Waals surface area (Å²) in [5, 5.41) is 20.8. The summed E-state index contributed by atoms with van der Waals surface area (Å²) in [6.45, 7) is 0. The van der Waals surface area contributed by atoms with Gasteiger partial charge in [-0.25, -0.2) is 4.98 Å². The van der Waals surface area contributed by atoms with E-state index >= 15 is 0 Å². The SMILES string of the molecule is CNC(=O)c1nnc(NC(=O)C2CC2)cc1Nc1cccc(-c2ncn(C)n2)c1OC. The van der Waals surface area contributed by atoms with Crippen molar-refractivity contribution < 1.29 is 14.3 Å². The summed E-state index contributed by atoms with van der Waals surface area (Å²) in [4.78, 5) is 28.7. The maximum Gasteiger partial charge on any atom is 0.273 e. The third kappa shape index (κ3) is 4.29. The highest BCUT2D eigenvalue weighted by atomic mass is 16.5. The molecule has 0 saturated heterocycles. The van der Waals surface area contributed by atoms with Crippen molar-refractivity contribution in [3.63, 3.8) is 0 Å². The number of nitrogens with zero attached hydrogens (tertiary/aromatic N) is 5. The number of methoxy groups -OCH3 is 1. The minimum Gasteiger partial charge on any atom is -0.494 e. The van der Waals surface area contributed by atoms with Gasteiger partial charge in [0.15, 0.2) is 23.1 Å². The molecule has 2 amide bonds. The first-order valence-corrected chi connectivity index (χ1v) is 9.71. The van der Waals surface area contributed by atoms with Crippen molar-refractivity contribution in [1.82, 2.24) is 30.3 Å². The normalized spacial score (nSPS) is 12.9. The first kappa shape index (κ1) is 20.3. The molecule has 1 aromatic carbocycles. The number of amides is 2. The molecule has 31 heavy (non-hydrogen) atoms. The van der Waals surface area contributed by atoms with Crippen LogP contribution in [0.1, 0.15) is 23.3 Å². The predicted molar refractivity (Wildman–Crippen MR) is 113 cm³/mol. The molecule has 0 aliphatic heterocycles. The maximum atomic E-state index is 12.3. The second kappa shape index (κ2) is 8.38. The van der Waals surface area contributed by atoms with Gasteiger partial charge in [0.1, 0.15) is 6.33 Å². The third-order valence-corrected chi connectivity index (χ3v) is 4.76. The fraction of sp³-hybridized carbons (Fsp3) is 0.300. The molecule has 4 rings (SSSR count). The van der Waals surface area contributed by atoms with E-state index in [0.29, 0.717) is 28.5 Å². The van der Waals surface area contributed by atoms with Crippen LogP contribution in [0.4, 0.5) is 17.2 Å². The zero-order chi connectivity index (χ0) is 22.0. The van der Waals surface area contributed by atoms with E-state index in [2.05, 4.69) is 36.2 Å². The first-order valence-electron chi connectivity index (χ1n) is 9.71. The van der Waals surface area contributed by atoms with Crippen molar-refractivity contribution in [1.29, 1.82) is 0 Å². The van der Waals surface area contributed by atoms with E-state index in [4.69, 9.17) is 4.74 Å². The van der Waals surface area contributed by atoms with Crippen LogP contribution >= 0.6 is 0 Å². The highest BCUT2D eigenvalue weighted by Crippen LogP contribution is 2.37. The molecule has 11 heteroatoms. The van der Waals surface area contributed by atoms with Crippen molar-refractivity contribution in [3.8, 4) is 17.1 Å². The fourth-order valence-corrected chi connectivity index (χ4v) is 3.05. The number of ether oxygens (including phenoxy) is 1. The Morgan fingerprint density at radius 1 is 1.19 bits per heavy atom. The van der Waals surface area contributed by atoms with E-state index in [1.165, 1.54) is 7.05 Å². The van der Waals surface area contributed by atoms with Gasteiger partial charge in [-0.15, -0.1) is 10.2 Å². The molecule has 0 unspecified atom stereocenters. The van der Waals surface area contributed by atoms with Gasteiger partial charge < -0.3 is 20.7 Å². The standard InChI is InChI=1S/C20H22N8O3/c1-21-20(30)16-14(9-15(25-26-16)24-19(29)11-7-8-11)23-13-6-4-5-12(17(13)31-3)18-22-10-28(2)27-18/h4-6,9-11H,7-8H2,1-3H3,(H,21,30)(H2,23,24,25,29). The molecule has 2 aromatic heterocycles. The van der Waals surface area contributed by atoms with Crippen molar-refractivity contribution in [2.45, 2.75) is 12.8 Å². The van der Waals surface area contributed by atoms with Gasteiger partial charge in [0, 0.05) is 26.1 Å². The van der Waals surface area contributed by atoms with Crippen LogP contribution in [0.3, 0.4) is 0 Å². The average molecular weight is 422 g/mol. The molecule has 0 radical (unpaired) electrons. The number of rotatable bonds is 7. The Balaban J connectivity index is 1.71. The van der Waals surface area contributed by atoms with Crippen molar-refractivity contribution in [3.05, 3.63) is 36.3 Å². The lowest BCUT2D eigenvalue weighted by atomic mass is 10.1. The van der Waals surface area contributed by atoms with Gasteiger partial charge in [-0.2, -0.15) is 5.10 Å². The van der Waals surface area contributed by atoms with Gasteiger partial charge >= 0.3 is 0 Å². The molecule has 1 aliphatic carbocycles. The number of hydrogen-bond donors (Lipinski definition) is 3. The van der Waals surface area contributed by atoms with E-state index in [1.54, 1.807) is 37.3 Å². The summed E-state index contributed by atoms with van der Waals surface area (Å²) < 4.78 is 7.21. The molecular formula is C20H22N8O3. The summed E-state index contributed by atoms with van der Waals surface area (Å²) in [6, 6.07) is 7.02. The number of aryl methyl sites for hydroxylation is 1. The summed E-state index contributed by atoms with van der Waals surface area (Å²) >= 11 is 0. The van der Waals surface area contributed by atoms with Crippen LogP contribution < -0.4 is 20.7 Å². The molecule has 2 heterocycles. The number of carbonyl (C=O) groups excluding carboxylic acids is 2. The average Bonchev–Trinajstić information content (AvgIpc) is 3.54. The van der Waals surface area contributed by atoms with Crippen LogP contribution in [0.5, 0.6) is 5.75 Å². The number of carbonyl (C=O) groups is 2. The molecular weight excluding hydrogens is 400 g/mol. The van der Waals surface area contributed by atoms with Crippen molar-refractivity contribution in [2.24, 2.45) is 13.0 Å². The molecule has 0 bridgehead atoms. The zero-order valence-electron chi connectivity index (χ0n) is 17.3. The number of aromatic nitrogens is 5. The Hall–Kier alpha value is -4.02. The highest BCUT2D eigenvalue weighted by molar-refractivity contribution is 6.00. The van der Waals surface area contributed by atoms with Gasteiger partial charge in [0.2, 0.25) is 5.91 Å². The molecule has 1 saturated carbocycles. The molecule has 160 valence electrons. The third-order valence-electron chi connectivity index (χ3n) is 4.76. The number of para-hydroxylation sites is 1. The van der Waals surface area contributed by atoms with Crippen LogP contribution in [0.15, 0.2) is 30.6 Å². The number of nitrogens with one attached hydrogen (secondary N) is 3. The van der Waals surface area contributed by atoms with E-state index in [0.717, 1.165) is 12.8 Å². The van der Waals surface area contributed by atoms with Gasteiger partial charge in [-0.05, 0) is 25.0 Å². The van der Waals surface area contributed by atoms with Gasteiger partial charge in [0.05, 0.1) is 24.0 Å². The lowest BCUT2D eigenvalue weighted by molar-refractivity contribution is -0.117. The van der Waals surface area contributed by atoms with Gasteiger partial charge in [0.25, 0.3) is 5.91 Å². The second-order valence-corrected chi connectivity index (χ2v) is 7.09. The number of anilines is 3. The maximum absolute atomic E-state index is 12.3. The number of benzene rings is 1. The monoisotopic (exact) mass is 422 g/mol. The van der Waals surface area contributed by atoms with Crippen LogP contribution in [-0.2, 0) is 11.8 Å². The quantitative estimate of drug-likeness (QED) is 0.524. The van der Waals surface area contributed by atoms with E-state index in [-0.39, 0.29) is 23.3 Å². The van der Waals surface area contributed by atoms with E-state index in [1.807, 2.05) is 12.1 Å². The summed E-state index contributed by atoms with van der Waals surface area (Å²) in [5.41, 5.74) is 1.70.